The maximum Gasteiger partial charge on any atom is 0.262 e. The highest BCUT2D eigenvalue weighted by molar-refractivity contribution is 5.94. The molecule has 0 aromatic heterocycles. The van der Waals surface area contributed by atoms with E-state index >= 15 is 0 Å². The van der Waals surface area contributed by atoms with Crippen molar-refractivity contribution in [2.75, 3.05) is 17.7 Å². The highest BCUT2D eigenvalue weighted by Crippen LogP contribution is 2.19. The maximum absolute atomic E-state index is 13.0. The number of anilines is 2. The first-order valence-corrected chi connectivity index (χ1v) is 6.19. The zero-order valence-electron chi connectivity index (χ0n) is 11.3. The fraction of sp³-hybridized carbons (Fsp3) is 0.133. The van der Waals surface area contributed by atoms with Gasteiger partial charge in [0, 0.05) is 6.07 Å². The van der Waals surface area contributed by atoms with E-state index in [0.717, 1.165) is 17.7 Å². The van der Waals surface area contributed by atoms with Crippen molar-refractivity contribution in [3.05, 3.63) is 53.6 Å². The van der Waals surface area contributed by atoms with Gasteiger partial charge in [-0.3, -0.25) is 4.79 Å². The van der Waals surface area contributed by atoms with E-state index in [9.17, 15) is 13.6 Å². The van der Waals surface area contributed by atoms with E-state index in [0.29, 0.717) is 11.4 Å². The van der Waals surface area contributed by atoms with E-state index in [-0.39, 0.29) is 12.4 Å². The predicted molar refractivity (Wildman–Crippen MR) is 76.1 cm³/mol. The monoisotopic (exact) mass is 292 g/mol. The molecule has 0 aliphatic rings. The predicted octanol–water partition coefficient (Wildman–Crippen LogP) is 2.87. The van der Waals surface area contributed by atoms with Crippen LogP contribution in [-0.4, -0.2) is 12.5 Å². The summed E-state index contributed by atoms with van der Waals surface area (Å²) >= 11 is 0. The molecule has 0 saturated carbocycles. The SMILES string of the molecule is Cc1ccc(NC(=O)COc2ccc(F)c(F)c2)c(N)c1. The summed E-state index contributed by atoms with van der Waals surface area (Å²) in [5.41, 5.74) is 7.65. The summed E-state index contributed by atoms with van der Waals surface area (Å²) in [6.45, 7) is 1.55. The number of nitrogen functional groups attached to an aromatic ring is 1. The molecule has 0 atom stereocenters. The molecule has 0 bridgehead atoms. The number of amides is 1. The van der Waals surface area contributed by atoms with Crippen LogP contribution in [-0.2, 0) is 4.79 Å². The van der Waals surface area contributed by atoms with Crippen LogP contribution in [0.4, 0.5) is 20.2 Å². The summed E-state index contributed by atoms with van der Waals surface area (Å²) in [6, 6.07) is 8.27. The Morgan fingerprint density at radius 3 is 2.62 bits per heavy atom. The van der Waals surface area contributed by atoms with E-state index in [2.05, 4.69) is 5.32 Å². The van der Waals surface area contributed by atoms with E-state index < -0.39 is 17.5 Å². The van der Waals surface area contributed by atoms with Gasteiger partial charge in [-0.1, -0.05) is 6.07 Å². The quantitative estimate of drug-likeness (QED) is 0.852. The molecule has 0 unspecified atom stereocenters. The van der Waals surface area contributed by atoms with Gasteiger partial charge >= 0.3 is 0 Å². The first kappa shape index (κ1) is 14.8. The third kappa shape index (κ3) is 3.92. The highest BCUT2D eigenvalue weighted by Gasteiger charge is 2.08. The molecule has 0 saturated heterocycles. The van der Waals surface area contributed by atoms with Crippen molar-refractivity contribution in [2.45, 2.75) is 6.92 Å². The summed E-state index contributed by atoms with van der Waals surface area (Å²) in [5.74, 6) is -2.38. The normalized spacial score (nSPS) is 10.2. The van der Waals surface area contributed by atoms with Crippen LogP contribution >= 0.6 is 0 Å². The Bertz CT molecular complexity index is 675. The van der Waals surface area contributed by atoms with Crippen LogP contribution in [0, 0.1) is 18.6 Å². The Morgan fingerprint density at radius 2 is 1.95 bits per heavy atom. The number of halogens is 2. The fourth-order valence-electron chi connectivity index (χ4n) is 1.70. The Kier molecular flexibility index (Phi) is 4.37. The van der Waals surface area contributed by atoms with Gasteiger partial charge in [0.25, 0.3) is 5.91 Å². The average molecular weight is 292 g/mol. The number of hydrogen-bond donors (Lipinski definition) is 2. The van der Waals surface area contributed by atoms with Gasteiger partial charge in [-0.05, 0) is 36.8 Å². The van der Waals surface area contributed by atoms with Crippen molar-refractivity contribution in [1.29, 1.82) is 0 Å². The van der Waals surface area contributed by atoms with Gasteiger partial charge in [-0.2, -0.15) is 0 Å². The van der Waals surface area contributed by atoms with Crippen LogP contribution in [0.2, 0.25) is 0 Å². The first-order valence-electron chi connectivity index (χ1n) is 6.19. The fourth-order valence-corrected chi connectivity index (χ4v) is 1.70. The molecule has 0 fully saturated rings. The minimum Gasteiger partial charge on any atom is -0.484 e. The highest BCUT2D eigenvalue weighted by atomic mass is 19.2. The van der Waals surface area contributed by atoms with Crippen LogP contribution in [0.1, 0.15) is 5.56 Å². The van der Waals surface area contributed by atoms with Gasteiger partial charge in [-0.25, -0.2) is 8.78 Å². The Hall–Kier alpha value is -2.63. The van der Waals surface area contributed by atoms with Crippen molar-refractivity contribution in [3.8, 4) is 5.75 Å². The molecule has 21 heavy (non-hydrogen) atoms. The van der Waals surface area contributed by atoms with E-state index in [4.69, 9.17) is 10.5 Å². The van der Waals surface area contributed by atoms with Crippen molar-refractivity contribution in [1.82, 2.24) is 0 Å². The number of aryl methyl sites for hydroxylation is 1. The van der Waals surface area contributed by atoms with E-state index in [1.54, 1.807) is 12.1 Å². The number of nitrogens with one attached hydrogen (secondary N) is 1. The molecule has 0 spiro atoms. The molecule has 2 aromatic carbocycles. The Balaban J connectivity index is 1.94. The zero-order chi connectivity index (χ0) is 15.4. The molecular formula is C15H14F2N2O2. The van der Waals surface area contributed by atoms with Gasteiger partial charge in [-0.15, -0.1) is 0 Å². The van der Waals surface area contributed by atoms with Crippen LogP contribution in [0.25, 0.3) is 0 Å². The summed E-state index contributed by atoms with van der Waals surface area (Å²) in [5, 5.41) is 2.58. The third-order valence-corrected chi connectivity index (χ3v) is 2.74. The maximum atomic E-state index is 13.0. The second-order valence-corrected chi connectivity index (χ2v) is 4.50. The van der Waals surface area contributed by atoms with Crippen molar-refractivity contribution in [3.63, 3.8) is 0 Å². The molecule has 0 aliphatic carbocycles. The number of rotatable bonds is 4. The summed E-state index contributed by atoms with van der Waals surface area (Å²) < 4.78 is 30.8. The number of benzene rings is 2. The lowest BCUT2D eigenvalue weighted by Crippen LogP contribution is -2.20. The molecule has 0 radical (unpaired) electrons. The lowest BCUT2D eigenvalue weighted by molar-refractivity contribution is -0.118. The van der Waals surface area contributed by atoms with Gasteiger partial charge in [0.15, 0.2) is 18.2 Å². The molecule has 2 rings (SSSR count). The summed E-state index contributed by atoms with van der Waals surface area (Å²) in [4.78, 5) is 11.7. The van der Waals surface area contributed by atoms with Crippen molar-refractivity contribution < 1.29 is 18.3 Å². The van der Waals surface area contributed by atoms with Crippen molar-refractivity contribution in [2.24, 2.45) is 0 Å². The topological polar surface area (TPSA) is 64.3 Å². The largest absolute Gasteiger partial charge is 0.484 e. The zero-order valence-corrected chi connectivity index (χ0v) is 11.3. The standard InChI is InChI=1S/C15H14F2N2O2/c1-9-2-5-14(13(18)6-9)19-15(20)8-21-10-3-4-11(16)12(17)7-10/h2-7H,8,18H2,1H3,(H,19,20). The van der Waals surface area contributed by atoms with Crippen LogP contribution in [0.5, 0.6) is 5.75 Å². The lowest BCUT2D eigenvalue weighted by atomic mass is 10.2. The number of ether oxygens (including phenoxy) is 1. The molecule has 1 amide bonds. The minimum atomic E-state index is -1.03. The van der Waals surface area contributed by atoms with Gasteiger partial charge in [0.05, 0.1) is 11.4 Å². The second-order valence-electron chi connectivity index (χ2n) is 4.50. The number of carbonyl (C=O) groups is 1. The average Bonchev–Trinajstić information content (AvgIpc) is 2.43. The second kappa shape index (κ2) is 6.21. The minimum absolute atomic E-state index is 0.0703. The smallest absolute Gasteiger partial charge is 0.262 e. The molecule has 110 valence electrons. The molecule has 2 aromatic rings. The Labute approximate surface area is 120 Å². The van der Waals surface area contributed by atoms with Gasteiger partial charge in [0.1, 0.15) is 5.75 Å². The van der Waals surface area contributed by atoms with Crippen LogP contribution in [0.15, 0.2) is 36.4 Å². The number of carbonyl (C=O) groups excluding carboxylic acids is 1. The number of nitrogens with two attached hydrogens (primary N) is 1. The molecular weight excluding hydrogens is 278 g/mol. The lowest BCUT2D eigenvalue weighted by Gasteiger charge is -2.10. The summed E-state index contributed by atoms with van der Waals surface area (Å²) in [7, 11) is 0. The van der Waals surface area contributed by atoms with E-state index in [1.165, 1.54) is 6.07 Å². The number of hydrogen-bond acceptors (Lipinski definition) is 3. The van der Waals surface area contributed by atoms with Gasteiger partial charge < -0.3 is 15.8 Å². The summed E-state index contributed by atoms with van der Waals surface area (Å²) in [6.07, 6.45) is 0. The van der Waals surface area contributed by atoms with E-state index in [1.807, 2.05) is 13.0 Å². The third-order valence-electron chi connectivity index (χ3n) is 2.74. The van der Waals surface area contributed by atoms with Crippen LogP contribution in [0.3, 0.4) is 0 Å². The Morgan fingerprint density at radius 1 is 1.19 bits per heavy atom. The van der Waals surface area contributed by atoms with Crippen molar-refractivity contribution >= 4 is 17.3 Å². The molecule has 0 heterocycles. The van der Waals surface area contributed by atoms with Gasteiger partial charge in [0.2, 0.25) is 0 Å². The molecule has 3 N–H and O–H groups in total. The molecule has 6 heteroatoms. The molecule has 0 aliphatic heterocycles. The first-order chi connectivity index (χ1) is 9.95. The van der Waals surface area contributed by atoms with Crippen LogP contribution < -0.4 is 15.8 Å². The molecule has 4 nitrogen and oxygen atoms in total.